The first-order valence-corrected chi connectivity index (χ1v) is 9.99. The number of amides is 1. The first-order chi connectivity index (χ1) is 13.7. The smallest absolute Gasteiger partial charge is 0.266 e. The Hall–Kier alpha value is -2.66. The van der Waals surface area contributed by atoms with Crippen molar-refractivity contribution in [2.45, 2.75) is 32.9 Å². The van der Waals surface area contributed by atoms with Gasteiger partial charge in [0.15, 0.2) is 0 Å². The number of carbonyl (C=O) groups excluding carboxylic acids is 1. The van der Waals surface area contributed by atoms with Gasteiger partial charge in [-0.15, -0.1) is 0 Å². The maximum atomic E-state index is 12.6. The molecule has 3 rings (SSSR count). The summed E-state index contributed by atoms with van der Waals surface area (Å²) >= 11 is 0. The highest BCUT2D eigenvalue weighted by Gasteiger charge is 2.26. The number of nitrogens with zero attached hydrogens (tertiary/aromatic N) is 3. The molecule has 148 valence electrons. The molecule has 1 atom stereocenters. The first kappa shape index (κ1) is 20.1. The number of rotatable bonds is 7. The lowest BCUT2D eigenvalue weighted by Gasteiger charge is -2.35. The number of hydrogen-bond donors (Lipinski definition) is 0. The second-order valence-corrected chi connectivity index (χ2v) is 7.16. The van der Waals surface area contributed by atoms with E-state index in [1.807, 2.05) is 23.1 Å². The lowest BCUT2D eigenvalue weighted by Crippen LogP contribution is -2.50. The van der Waals surface area contributed by atoms with Crippen LogP contribution in [0.5, 0.6) is 0 Å². The van der Waals surface area contributed by atoms with Gasteiger partial charge in [-0.25, -0.2) is 0 Å². The highest BCUT2D eigenvalue weighted by Crippen LogP contribution is 2.10. The summed E-state index contributed by atoms with van der Waals surface area (Å²) in [7, 11) is 0. The molecule has 0 unspecified atom stereocenters. The molecule has 1 fully saturated rings. The van der Waals surface area contributed by atoms with Crippen LogP contribution in [0, 0.1) is 0 Å². The zero-order chi connectivity index (χ0) is 19.8. The highest BCUT2D eigenvalue weighted by molar-refractivity contribution is 5.81. The molecule has 0 saturated carbocycles. The summed E-state index contributed by atoms with van der Waals surface area (Å²) in [5, 5.41) is 4.00. The van der Waals surface area contributed by atoms with Crippen LogP contribution in [0.25, 0.3) is 0 Å². The predicted octanol–water partition coefficient (Wildman–Crippen LogP) is 3.33. The molecule has 1 aliphatic rings. The third kappa shape index (κ3) is 5.67. The van der Waals surface area contributed by atoms with Crippen molar-refractivity contribution in [1.29, 1.82) is 0 Å². The van der Waals surface area contributed by atoms with Crippen LogP contribution in [0.15, 0.2) is 59.8 Å². The minimum Gasteiger partial charge on any atom is -0.383 e. The second-order valence-electron chi connectivity index (χ2n) is 7.16. The summed E-state index contributed by atoms with van der Waals surface area (Å²) in [4.78, 5) is 22.3. The molecule has 1 amide bonds. The molecule has 1 aliphatic heterocycles. The number of carbonyl (C=O) groups is 1. The Labute approximate surface area is 167 Å². The molecule has 0 aliphatic carbocycles. The molecular formula is C23H29N3O2. The van der Waals surface area contributed by atoms with Gasteiger partial charge in [0, 0.05) is 32.7 Å². The van der Waals surface area contributed by atoms with Crippen LogP contribution in [0.1, 0.15) is 30.5 Å². The minimum absolute atomic E-state index is 0.00200. The Balaban J connectivity index is 1.43. The molecule has 2 aromatic rings. The molecule has 0 radical (unpaired) electrons. The van der Waals surface area contributed by atoms with E-state index >= 15 is 0 Å². The lowest BCUT2D eigenvalue weighted by molar-refractivity contribution is -0.144. The molecule has 0 aromatic heterocycles. The standard InChI is InChI=1S/C23H29N3O2/c1-3-20-9-11-21(12-10-20)17-24-28-19(2)23(27)26-15-13-25(14-16-26)18-22-7-5-4-6-8-22/h4-12,17,19H,3,13-16,18H2,1-2H3/b24-17-/t19-/m1/s1. The molecule has 1 heterocycles. The van der Waals surface area contributed by atoms with Gasteiger partial charge in [0.2, 0.25) is 6.10 Å². The molecule has 5 nitrogen and oxygen atoms in total. The van der Waals surface area contributed by atoms with Gasteiger partial charge in [0.1, 0.15) is 0 Å². The van der Waals surface area contributed by atoms with E-state index in [1.54, 1.807) is 13.1 Å². The van der Waals surface area contributed by atoms with Gasteiger partial charge in [-0.2, -0.15) is 0 Å². The van der Waals surface area contributed by atoms with Crippen LogP contribution in [-0.4, -0.2) is 54.2 Å². The van der Waals surface area contributed by atoms with Crippen molar-refractivity contribution in [2.75, 3.05) is 26.2 Å². The van der Waals surface area contributed by atoms with E-state index in [-0.39, 0.29) is 5.91 Å². The molecule has 1 saturated heterocycles. The Morgan fingerprint density at radius 2 is 1.71 bits per heavy atom. The summed E-state index contributed by atoms with van der Waals surface area (Å²) < 4.78 is 0. The molecule has 28 heavy (non-hydrogen) atoms. The van der Waals surface area contributed by atoms with Crippen LogP contribution in [0.3, 0.4) is 0 Å². The van der Waals surface area contributed by atoms with Crippen molar-refractivity contribution in [3.05, 3.63) is 71.3 Å². The molecule has 0 spiro atoms. The number of benzene rings is 2. The van der Waals surface area contributed by atoms with Gasteiger partial charge in [-0.05, 0) is 30.0 Å². The van der Waals surface area contributed by atoms with Gasteiger partial charge >= 0.3 is 0 Å². The third-order valence-corrected chi connectivity index (χ3v) is 5.09. The average molecular weight is 380 g/mol. The van der Waals surface area contributed by atoms with Crippen LogP contribution < -0.4 is 0 Å². The Kier molecular flexibility index (Phi) is 7.20. The van der Waals surface area contributed by atoms with Crippen LogP contribution in [-0.2, 0) is 22.6 Å². The number of oxime groups is 1. The van der Waals surface area contributed by atoms with E-state index in [9.17, 15) is 4.79 Å². The molecule has 5 heteroatoms. The summed E-state index contributed by atoms with van der Waals surface area (Å²) in [6.07, 6.45) is 2.09. The van der Waals surface area contributed by atoms with Crippen LogP contribution >= 0.6 is 0 Å². The van der Waals surface area contributed by atoms with E-state index in [4.69, 9.17) is 4.84 Å². The maximum Gasteiger partial charge on any atom is 0.266 e. The van der Waals surface area contributed by atoms with Crippen molar-refractivity contribution >= 4 is 12.1 Å². The fourth-order valence-electron chi connectivity index (χ4n) is 3.29. The number of hydrogen-bond acceptors (Lipinski definition) is 4. The minimum atomic E-state index is -0.577. The average Bonchev–Trinajstić information content (AvgIpc) is 2.75. The number of piperazine rings is 1. The van der Waals surface area contributed by atoms with Crippen molar-refractivity contribution in [2.24, 2.45) is 5.16 Å². The van der Waals surface area contributed by atoms with Gasteiger partial charge in [-0.1, -0.05) is 66.7 Å². The predicted molar refractivity (Wildman–Crippen MR) is 112 cm³/mol. The van der Waals surface area contributed by atoms with E-state index < -0.39 is 6.10 Å². The van der Waals surface area contributed by atoms with Gasteiger partial charge in [0.25, 0.3) is 5.91 Å². The van der Waals surface area contributed by atoms with E-state index in [2.05, 4.69) is 53.4 Å². The van der Waals surface area contributed by atoms with Crippen molar-refractivity contribution < 1.29 is 9.63 Å². The summed E-state index contributed by atoms with van der Waals surface area (Å²) in [5.41, 5.74) is 3.56. The second kappa shape index (κ2) is 10.0. The zero-order valence-electron chi connectivity index (χ0n) is 16.8. The van der Waals surface area contributed by atoms with E-state index in [0.717, 1.165) is 44.7 Å². The molecule has 0 N–H and O–H groups in total. The summed E-state index contributed by atoms with van der Waals surface area (Å²) in [6, 6.07) is 18.6. The number of aryl methyl sites for hydroxylation is 1. The van der Waals surface area contributed by atoms with Crippen molar-refractivity contribution in [3.63, 3.8) is 0 Å². The van der Waals surface area contributed by atoms with Crippen LogP contribution in [0.4, 0.5) is 0 Å². The fourth-order valence-corrected chi connectivity index (χ4v) is 3.29. The molecular weight excluding hydrogens is 350 g/mol. The topological polar surface area (TPSA) is 45.1 Å². The lowest BCUT2D eigenvalue weighted by atomic mass is 10.1. The Morgan fingerprint density at radius 1 is 1.04 bits per heavy atom. The molecule has 0 bridgehead atoms. The maximum absolute atomic E-state index is 12.6. The zero-order valence-corrected chi connectivity index (χ0v) is 16.8. The fraction of sp³-hybridized carbons (Fsp3) is 0.391. The van der Waals surface area contributed by atoms with Crippen LogP contribution in [0.2, 0.25) is 0 Å². The quantitative estimate of drug-likeness (QED) is 0.548. The van der Waals surface area contributed by atoms with Gasteiger partial charge in [0.05, 0.1) is 6.21 Å². The molecule has 2 aromatic carbocycles. The Morgan fingerprint density at radius 3 is 2.36 bits per heavy atom. The van der Waals surface area contributed by atoms with Crippen molar-refractivity contribution in [1.82, 2.24) is 9.80 Å². The van der Waals surface area contributed by atoms with Gasteiger partial charge in [-0.3, -0.25) is 9.69 Å². The SMILES string of the molecule is CCc1ccc(/C=N\O[C@H](C)C(=O)N2CCN(Cc3ccccc3)CC2)cc1. The van der Waals surface area contributed by atoms with E-state index in [0.29, 0.717) is 0 Å². The first-order valence-electron chi connectivity index (χ1n) is 9.99. The Bertz CT molecular complexity index is 766. The van der Waals surface area contributed by atoms with Gasteiger partial charge < -0.3 is 9.74 Å². The summed E-state index contributed by atoms with van der Waals surface area (Å²) in [5.74, 6) is -0.00200. The van der Waals surface area contributed by atoms with Crippen molar-refractivity contribution in [3.8, 4) is 0 Å². The van der Waals surface area contributed by atoms with E-state index in [1.165, 1.54) is 11.1 Å². The monoisotopic (exact) mass is 379 g/mol. The summed E-state index contributed by atoms with van der Waals surface area (Å²) in [6.45, 7) is 8.01. The third-order valence-electron chi connectivity index (χ3n) is 5.09. The normalized spacial score (nSPS) is 16.3. The highest BCUT2D eigenvalue weighted by atomic mass is 16.6. The largest absolute Gasteiger partial charge is 0.383 e.